The van der Waals surface area contributed by atoms with Crippen LogP contribution in [0.5, 0.6) is 0 Å². The number of quaternary nitrogens is 1. The molecule has 0 saturated carbocycles. The van der Waals surface area contributed by atoms with Gasteiger partial charge in [0.15, 0.2) is 6.54 Å². The predicted octanol–water partition coefficient (Wildman–Crippen LogP) is 3.04. The summed E-state index contributed by atoms with van der Waals surface area (Å²) in [6.07, 6.45) is 0. The standard InChI is InChI=1S/C22H23N3O2S/c1-2-25(15-18-11-8-14-28-18)16-21(26)24-20-13-7-6-12-19(20)22(27)23-17-9-4-3-5-10-17/h3-14H,2,15-16H2,1H3,(H,23,27)(H,24,26)/p+1. The third-order valence-corrected chi connectivity index (χ3v) is 5.27. The number of hydrogen-bond donors (Lipinski definition) is 3. The van der Waals surface area contributed by atoms with Gasteiger partial charge in [-0.2, -0.15) is 0 Å². The first-order valence-electron chi connectivity index (χ1n) is 9.27. The Morgan fingerprint density at radius 1 is 0.929 bits per heavy atom. The van der Waals surface area contributed by atoms with Crippen molar-refractivity contribution >= 4 is 34.5 Å². The van der Waals surface area contributed by atoms with Crippen LogP contribution in [0.1, 0.15) is 22.2 Å². The van der Waals surface area contributed by atoms with Gasteiger partial charge < -0.3 is 15.5 Å². The molecule has 0 aliphatic carbocycles. The highest BCUT2D eigenvalue weighted by atomic mass is 32.1. The van der Waals surface area contributed by atoms with Gasteiger partial charge in [-0.25, -0.2) is 0 Å². The molecular formula is C22H24N3O2S+. The number of benzene rings is 2. The number of carbonyl (C=O) groups is 2. The van der Waals surface area contributed by atoms with Gasteiger partial charge in [0.1, 0.15) is 6.54 Å². The van der Waals surface area contributed by atoms with Crippen molar-refractivity contribution in [1.29, 1.82) is 0 Å². The fraction of sp³-hybridized carbons (Fsp3) is 0.182. The summed E-state index contributed by atoms with van der Waals surface area (Å²) in [6, 6.07) is 20.4. The maximum atomic E-state index is 12.6. The van der Waals surface area contributed by atoms with Gasteiger partial charge in [-0.05, 0) is 42.6 Å². The van der Waals surface area contributed by atoms with E-state index in [2.05, 4.69) is 23.6 Å². The lowest BCUT2D eigenvalue weighted by molar-refractivity contribution is -0.903. The quantitative estimate of drug-likeness (QED) is 0.550. The van der Waals surface area contributed by atoms with Crippen LogP contribution >= 0.6 is 11.3 Å². The summed E-state index contributed by atoms with van der Waals surface area (Å²) >= 11 is 1.70. The van der Waals surface area contributed by atoms with Crippen LogP contribution in [0.2, 0.25) is 0 Å². The Bertz CT molecular complexity index is 911. The minimum Gasteiger partial charge on any atom is -0.323 e. The first-order valence-corrected chi connectivity index (χ1v) is 10.1. The van der Waals surface area contributed by atoms with Crippen LogP contribution in [-0.4, -0.2) is 24.9 Å². The molecule has 1 atom stereocenters. The second-order valence-electron chi connectivity index (χ2n) is 6.45. The van der Waals surface area contributed by atoms with Crippen molar-refractivity contribution < 1.29 is 14.5 Å². The van der Waals surface area contributed by atoms with E-state index in [0.717, 1.165) is 13.1 Å². The largest absolute Gasteiger partial charge is 0.323 e. The smallest absolute Gasteiger partial charge is 0.279 e. The van der Waals surface area contributed by atoms with Crippen molar-refractivity contribution in [3.8, 4) is 0 Å². The Hall–Kier alpha value is -2.96. The van der Waals surface area contributed by atoms with E-state index in [1.54, 1.807) is 29.5 Å². The number of hydrogen-bond acceptors (Lipinski definition) is 3. The van der Waals surface area contributed by atoms with Gasteiger partial charge in [0.2, 0.25) is 0 Å². The monoisotopic (exact) mass is 394 g/mol. The van der Waals surface area contributed by atoms with E-state index in [9.17, 15) is 9.59 Å². The first kappa shape index (κ1) is 19.8. The van der Waals surface area contributed by atoms with Crippen molar-refractivity contribution in [3.63, 3.8) is 0 Å². The fourth-order valence-corrected chi connectivity index (χ4v) is 3.68. The number of carbonyl (C=O) groups excluding carboxylic acids is 2. The van der Waals surface area contributed by atoms with Crippen LogP contribution in [0.15, 0.2) is 72.1 Å². The van der Waals surface area contributed by atoms with Crippen molar-refractivity contribution in [3.05, 3.63) is 82.6 Å². The molecule has 3 aromatic rings. The SMILES string of the molecule is CC[NH+](CC(=O)Nc1ccccc1C(=O)Nc1ccccc1)Cc1cccs1. The van der Waals surface area contributed by atoms with Gasteiger partial charge in [0, 0.05) is 5.69 Å². The molecule has 0 aliphatic heterocycles. The third-order valence-electron chi connectivity index (χ3n) is 4.39. The predicted molar refractivity (Wildman–Crippen MR) is 114 cm³/mol. The minimum atomic E-state index is -0.250. The number of para-hydroxylation sites is 2. The molecule has 1 unspecified atom stereocenters. The third kappa shape index (κ3) is 5.52. The molecule has 2 amide bonds. The zero-order valence-electron chi connectivity index (χ0n) is 15.8. The summed E-state index contributed by atoms with van der Waals surface area (Å²) < 4.78 is 0. The van der Waals surface area contributed by atoms with E-state index >= 15 is 0 Å². The van der Waals surface area contributed by atoms with Gasteiger partial charge in [-0.3, -0.25) is 9.59 Å². The van der Waals surface area contributed by atoms with Gasteiger partial charge in [-0.1, -0.05) is 36.4 Å². The molecule has 0 aliphatic rings. The van der Waals surface area contributed by atoms with Crippen LogP contribution in [0.3, 0.4) is 0 Å². The van der Waals surface area contributed by atoms with Crippen LogP contribution in [0, 0.1) is 0 Å². The second-order valence-corrected chi connectivity index (χ2v) is 7.48. The van der Waals surface area contributed by atoms with Gasteiger partial charge in [0.05, 0.1) is 22.7 Å². The molecule has 0 radical (unpaired) electrons. The number of amides is 2. The Labute approximate surface area is 169 Å². The summed E-state index contributed by atoms with van der Waals surface area (Å²) in [7, 11) is 0. The Balaban J connectivity index is 1.65. The van der Waals surface area contributed by atoms with Gasteiger partial charge in [-0.15, -0.1) is 11.3 Å². The number of thiophene rings is 1. The highest BCUT2D eigenvalue weighted by Crippen LogP contribution is 2.17. The van der Waals surface area contributed by atoms with E-state index in [4.69, 9.17) is 0 Å². The van der Waals surface area contributed by atoms with E-state index < -0.39 is 0 Å². The van der Waals surface area contributed by atoms with E-state index in [1.165, 1.54) is 9.78 Å². The number of nitrogens with one attached hydrogen (secondary N) is 3. The molecule has 0 spiro atoms. The van der Waals surface area contributed by atoms with E-state index in [0.29, 0.717) is 23.5 Å². The molecule has 1 aromatic heterocycles. The minimum absolute atomic E-state index is 0.103. The van der Waals surface area contributed by atoms with Crippen molar-refractivity contribution in [1.82, 2.24) is 0 Å². The Morgan fingerprint density at radius 2 is 1.68 bits per heavy atom. The second kappa shape index (κ2) is 9.82. The lowest BCUT2D eigenvalue weighted by atomic mass is 10.1. The lowest BCUT2D eigenvalue weighted by Gasteiger charge is -2.17. The Kier molecular flexibility index (Phi) is 6.94. The molecule has 1 heterocycles. The highest BCUT2D eigenvalue weighted by Gasteiger charge is 2.17. The maximum Gasteiger partial charge on any atom is 0.279 e. The molecule has 2 aromatic carbocycles. The highest BCUT2D eigenvalue weighted by molar-refractivity contribution is 7.09. The molecule has 28 heavy (non-hydrogen) atoms. The van der Waals surface area contributed by atoms with Gasteiger partial charge in [0.25, 0.3) is 11.8 Å². The summed E-state index contributed by atoms with van der Waals surface area (Å²) in [6.45, 7) is 4.08. The van der Waals surface area contributed by atoms with Gasteiger partial charge >= 0.3 is 0 Å². The normalized spacial score (nSPS) is 11.6. The number of rotatable bonds is 8. The zero-order valence-corrected chi connectivity index (χ0v) is 16.6. The molecular weight excluding hydrogens is 370 g/mol. The molecule has 0 bridgehead atoms. The lowest BCUT2D eigenvalue weighted by Crippen LogP contribution is -3.11. The molecule has 144 valence electrons. The van der Waals surface area contributed by atoms with Crippen molar-refractivity contribution in [2.24, 2.45) is 0 Å². The summed E-state index contributed by atoms with van der Waals surface area (Å²) in [4.78, 5) is 27.7. The van der Waals surface area contributed by atoms with Crippen molar-refractivity contribution in [2.75, 3.05) is 23.7 Å². The summed E-state index contributed by atoms with van der Waals surface area (Å²) in [5.41, 5.74) is 1.68. The van der Waals surface area contributed by atoms with E-state index in [1.807, 2.05) is 47.8 Å². The van der Waals surface area contributed by atoms with Crippen molar-refractivity contribution in [2.45, 2.75) is 13.5 Å². The molecule has 3 rings (SSSR count). The summed E-state index contributed by atoms with van der Waals surface area (Å²) in [5.74, 6) is -0.353. The molecule has 6 heteroatoms. The fourth-order valence-electron chi connectivity index (χ4n) is 2.90. The topological polar surface area (TPSA) is 62.6 Å². The average Bonchev–Trinajstić information content (AvgIpc) is 3.21. The van der Waals surface area contributed by atoms with Crippen LogP contribution in [0.4, 0.5) is 11.4 Å². The molecule has 3 N–H and O–H groups in total. The number of likely N-dealkylation sites (N-methyl/N-ethyl adjacent to an activating group) is 1. The molecule has 0 fully saturated rings. The van der Waals surface area contributed by atoms with Crippen LogP contribution < -0.4 is 15.5 Å². The molecule has 0 saturated heterocycles. The Morgan fingerprint density at radius 3 is 2.39 bits per heavy atom. The zero-order chi connectivity index (χ0) is 19.8. The molecule has 5 nitrogen and oxygen atoms in total. The van der Waals surface area contributed by atoms with Crippen LogP contribution in [-0.2, 0) is 11.3 Å². The first-order chi connectivity index (χ1) is 13.7. The van der Waals surface area contributed by atoms with Crippen LogP contribution in [0.25, 0.3) is 0 Å². The number of anilines is 2. The summed E-state index contributed by atoms with van der Waals surface area (Å²) in [5, 5.41) is 7.81. The maximum absolute atomic E-state index is 12.6. The van der Waals surface area contributed by atoms with E-state index in [-0.39, 0.29) is 11.8 Å². The average molecular weight is 395 g/mol.